The molecule has 7 nitrogen and oxygen atoms in total. The van der Waals surface area contributed by atoms with Gasteiger partial charge in [0.1, 0.15) is 5.82 Å². The molecule has 0 aliphatic rings. The Bertz CT molecular complexity index is 962. The van der Waals surface area contributed by atoms with Crippen molar-refractivity contribution in [1.82, 2.24) is 15.0 Å². The summed E-state index contributed by atoms with van der Waals surface area (Å²) in [6.45, 7) is 3.96. The van der Waals surface area contributed by atoms with Gasteiger partial charge in [-0.05, 0) is 49.1 Å². The van der Waals surface area contributed by atoms with Crippen molar-refractivity contribution >= 4 is 35.2 Å². The number of fused-ring (bicyclic) bond motifs is 1. The second-order valence-electron chi connectivity index (χ2n) is 5.83. The van der Waals surface area contributed by atoms with Gasteiger partial charge in [0.2, 0.25) is 5.95 Å². The monoisotopic (exact) mass is 375 g/mol. The van der Waals surface area contributed by atoms with Crippen LogP contribution in [0.4, 0.5) is 11.8 Å². The van der Waals surface area contributed by atoms with Crippen LogP contribution in [0.5, 0.6) is 11.5 Å². The maximum absolute atomic E-state index is 6.05. The number of nitrogen functional groups attached to an aromatic ring is 2. The molecule has 0 aliphatic heterocycles. The highest BCUT2D eigenvalue weighted by Crippen LogP contribution is 2.31. The third-order valence-electron chi connectivity index (χ3n) is 4.30. The summed E-state index contributed by atoms with van der Waals surface area (Å²) >= 11 is 0. The summed E-state index contributed by atoms with van der Waals surface area (Å²) in [7, 11) is 3.24. The first-order valence-electron chi connectivity index (χ1n) is 7.84. The Kier molecular flexibility index (Phi) is 5.72. The number of anilines is 2. The first kappa shape index (κ1) is 19.5. The van der Waals surface area contributed by atoms with Crippen molar-refractivity contribution < 1.29 is 9.47 Å². The van der Waals surface area contributed by atoms with E-state index in [1.54, 1.807) is 14.2 Å². The topological polar surface area (TPSA) is 109 Å². The molecule has 4 N–H and O–H groups in total. The third-order valence-corrected chi connectivity index (χ3v) is 4.30. The van der Waals surface area contributed by atoms with Crippen LogP contribution in [0, 0.1) is 13.8 Å². The first-order valence-corrected chi connectivity index (χ1v) is 7.84. The quantitative estimate of drug-likeness (QED) is 0.721. The molecule has 1 aromatic carbocycles. The molecular weight excluding hydrogens is 354 g/mol. The van der Waals surface area contributed by atoms with Crippen LogP contribution in [0.15, 0.2) is 18.2 Å². The molecular formula is C18H22ClN5O2. The van der Waals surface area contributed by atoms with E-state index in [1.807, 2.05) is 32.0 Å². The number of nitrogens with zero attached hydrogens (tertiary/aromatic N) is 3. The van der Waals surface area contributed by atoms with Crippen LogP contribution >= 0.6 is 12.4 Å². The highest BCUT2D eigenvalue weighted by atomic mass is 35.5. The van der Waals surface area contributed by atoms with Crippen molar-refractivity contribution in [2.75, 3.05) is 25.7 Å². The minimum absolute atomic E-state index is 0. The molecule has 26 heavy (non-hydrogen) atoms. The summed E-state index contributed by atoms with van der Waals surface area (Å²) in [6.07, 6.45) is 0.685. The second kappa shape index (κ2) is 7.61. The molecule has 0 saturated carbocycles. The lowest BCUT2D eigenvalue weighted by Crippen LogP contribution is -2.07. The van der Waals surface area contributed by atoms with Crippen LogP contribution in [0.2, 0.25) is 0 Å². The number of rotatable bonds is 4. The van der Waals surface area contributed by atoms with Gasteiger partial charge in [-0.3, -0.25) is 0 Å². The Morgan fingerprint density at radius 1 is 0.962 bits per heavy atom. The van der Waals surface area contributed by atoms with Crippen LogP contribution < -0.4 is 20.9 Å². The van der Waals surface area contributed by atoms with Crippen molar-refractivity contribution in [1.29, 1.82) is 0 Å². The van der Waals surface area contributed by atoms with E-state index in [0.29, 0.717) is 29.4 Å². The zero-order valence-electron chi connectivity index (χ0n) is 15.2. The summed E-state index contributed by atoms with van der Waals surface area (Å²) < 4.78 is 10.7. The molecule has 138 valence electrons. The number of benzene rings is 1. The lowest BCUT2D eigenvalue weighted by Gasteiger charge is -2.14. The van der Waals surface area contributed by atoms with Crippen molar-refractivity contribution in [3.8, 4) is 11.5 Å². The predicted molar refractivity (Wildman–Crippen MR) is 105 cm³/mol. The molecule has 0 aliphatic carbocycles. The number of nitrogens with two attached hydrogens (primary N) is 2. The van der Waals surface area contributed by atoms with E-state index in [4.69, 9.17) is 20.9 Å². The third kappa shape index (κ3) is 3.43. The molecule has 0 radical (unpaired) electrons. The van der Waals surface area contributed by atoms with Crippen molar-refractivity contribution in [2.45, 2.75) is 20.3 Å². The Balaban J connectivity index is 0.00000243. The molecule has 0 fully saturated rings. The van der Waals surface area contributed by atoms with E-state index in [2.05, 4.69) is 15.0 Å². The molecule has 2 heterocycles. The lowest BCUT2D eigenvalue weighted by atomic mass is 9.97. The molecule has 2 aromatic heterocycles. The molecule has 0 amide bonds. The SMILES string of the molecule is COc1ccc(Cc2c(C)nc3nc(N)nc(N)c3c2C)cc1OC.Cl. The number of methoxy groups -OCH3 is 2. The van der Waals surface area contributed by atoms with E-state index in [0.717, 1.165) is 27.8 Å². The average Bonchev–Trinajstić information content (AvgIpc) is 2.57. The number of hydrogen-bond donors (Lipinski definition) is 2. The fourth-order valence-corrected chi connectivity index (χ4v) is 3.03. The highest BCUT2D eigenvalue weighted by Gasteiger charge is 2.15. The Morgan fingerprint density at radius 2 is 1.65 bits per heavy atom. The number of aromatic nitrogens is 3. The van der Waals surface area contributed by atoms with Gasteiger partial charge < -0.3 is 20.9 Å². The van der Waals surface area contributed by atoms with Gasteiger partial charge in [-0.2, -0.15) is 9.97 Å². The fraction of sp³-hybridized carbons (Fsp3) is 0.278. The molecule has 0 saturated heterocycles. The summed E-state index contributed by atoms with van der Waals surface area (Å²) in [4.78, 5) is 12.8. The lowest BCUT2D eigenvalue weighted by molar-refractivity contribution is 0.354. The molecule has 0 unspecified atom stereocenters. The minimum atomic E-state index is 0. The average molecular weight is 376 g/mol. The van der Waals surface area contributed by atoms with E-state index < -0.39 is 0 Å². The zero-order valence-corrected chi connectivity index (χ0v) is 16.0. The van der Waals surface area contributed by atoms with Crippen LogP contribution in [-0.4, -0.2) is 29.2 Å². The number of hydrogen-bond acceptors (Lipinski definition) is 7. The highest BCUT2D eigenvalue weighted by molar-refractivity contribution is 5.90. The van der Waals surface area contributed by atoms with Gasteiger partial charge >= 0.3 is 0 Å². The minimum Gasteiger partial charge on any atom is -0.493 e. The summed E-state index contributed by atoms with van der Waals surface area (Å²) in [6, 6.07) is 5.86. The van der Waals surface area contributed by atoms with Crippen molar-refractivity contribution in [3.63, 3.8) is 0 Å². The summed E-state index contributed by atoms with van der Waals surface area (Å²) in [5.41, 5.74) is 16.3. The predicted octanol–water partition coefficient (Wildman–Crippen LogP) is 2.84. The van der Waals surface area contributed by atoms with Crippen LogP contribution in [0.3, 0.4) is 0 Å². The number of pyridine rings is 1. The van der Waals surface area contributed by atoms with Gasteiger partial charge in [0.05, 0.1) is 19.6 Å². The second-order valence-corrected chi connectivity index (χ2v) is 5.83. The van der Waals surface area contributed by atoms with Crippen molar-refractivity contribution in [2.24, 2.45) is 0 Å². The number of aryl methyl sites for hydroxylation is 2. The van der Waals surface area contributed by atoms with E-state index in [1.165, 1.54) is 0 Å². The Morgan fingerprint density at radius 3 is 2.31 bits per heavy atom. The van der Waals surface area contributed by atoms with Gasteiger partial charge in [-0.15, -0.1) is 12.4 Å². The smallest absolute Gasteiger partial charge is 0.224 e. The van der Waals surface area contributed by atoms with Crippen LogP contribution in [-0.2, 0) is 6.42 Å². The summed E-state index contributed by atoms with van der Waals surface area (Å²) in [5.74, 6) is 1.87. The molecule has 3 rings (SSSR count). The molecule has 8 heteroatoms. The van der Waals surface area contributed by atoms with Crippen LogP contribution in [0.1, 0.15) is 22.4 Å². The molecule has 0 atom stereocenters. The molecule has 0 spiro atoms. The number of halogens is 1. The first-order chi connectivity index (χ1) is 11.9. The Labute approximate surface area is 158 Å². The van der Waals surface area contributed by atoms with E-state index in [9.17, 15) is 0 Å². The number of ether oxygens (including phenoxy) is 2. The van der Waals surface area contributed by atoms with Crippen molar-refractivity contribution in [3.05, 3.63) is 40.6 Å². The zero-order chi connectivity index (χ0) is 18.1. The maximum atomic E-state index is 6.05. The van der Waals surface area contributed by atoms with E-state index >= 15 is 0 Å². The van der Waals surface area contributed by atoms with Gasteiger partial charge in [0.15, 0.2) is 17.1 Å². The van der Waals surface area contributed by atoms with E-state index in [-0.39, 0.29) is 18.4 Å². The van der Waals surface area contributed by atoms with Gasteiger partial charge in [-0.1, -0.05) is 6.07 Å². The van der Waals surface area contributed by atoms with Gasteiger partial charge in [0.25, 0.3) is 0 Å². The molecule has 0 bridgehead atoms. The van der Waals surface area contributed by atoms with Gasteiger partial charge in [-0.25, -0.2) is 4.98 Å². The standard InChI is InChI=1S/C18H21N5O2.ClH/c1-9-12(7-11-5-6-13(24-3)14(8-11)25-4)10(2)21-17-15(9)16(19)22-18(20)23-17;/h5-6,8H,7H2,1-4H3,(H4,19,20,21,22,23);1H. The fourth-order valence-electron chi connectivity index (χ4n) is 3.03. The largest absolute Gasteiger partial charge is 0.493 e. The van der Waals surface area contributed by atoms with Crippen LogP contribution in [0.25, 0.3) is 11.0 Å². The summed E-state index contributed by atoms with van der Waals surface area (Å²) in [5, 5.41) is 0.746. The Hall–Kier alpha value is -2.80. The maximum Gasteiger partial charge on any atom is 0.224 e. The molecule has 3 aromatic rings. The normalized spacial score (nSPS) is 10.5. The van der Waals surface area contributed by atoms with Gasteiger partial charge in [0, 0.05) is 5.69 Å².